The van der Waals surface area contributed by atoms with E-state index < -0.39 is 0 Å². The van der Waals surface area contributed by atoms with E-state index in [0.29, 0.717) is 5.75 Å². The van der Waals surface area contributed by atoms with Gasteiger partial charge < -0.3 is 0 Å². The number of benzene rings is 1. The van der Waals surface area contributed by atoms with E-state index >= 15 is 0 Å². The molecule has 0 saturated heterocycles. The minimum absolute atomic E-state index is 0.482. The lowest BCUT2D eigenvalue weighted by atomic mass is 10.1. The maximum atomic E-state index is 8.61. The third-order valence-electron chi connectivity index (χ3n) is 2.49. The molecule has 80 valence electrons. The number of rotatable bonds is 3. The van der Waals surface area contributed by atoms with E-state index in [4.69, 9.17) is 5.26 Å². The Balaban J connectivity index is 2.56. The van der Waals surface area contributed by atoms with E-state index in [1.807, 2.05) is 12.3 Å². The van der Waals surface area contributed by atoms with E-state index in [0.717, 1.165) is 22.2 Å². The maximum absolute atomic E-state index is 8.61. The lowest BCUT2D eigenvalue weighted by Gasteiger charge is -2.06. The molecule has 3 heteroatoms. The van der Waals surface area contributed by atoms with Crippen LogP contribution in [0.25, 0.3) is 10.9 Å². The summed E-state index contributed by atoms with van der Waals surface area (Å²) in [5.74, 6) is 0.482. The minimum atomic E-state index is 0.482. The van der Waals surface area contributed by atoms with Crippen LogP contribution in [-0.2, 0) is 6.42 Å². The lowest BCUT2D eigenvalue weighted by molar-refractivity contribution is 1.14. The van der Waals surface area contributed by atoms with Crippen LogP contribution in [0.3, 0.4) is 0 Å². The Labute approximate surface area is 99.3 Å². The third-order valence-corrected chi connectivity index (χ3v) is 3.43. The van der Waals surface area contributed by atoms with Gasteiger partial charge in [0, 0.05) is 16.5 Å². The fourth-order valence-corrected chi connectivity index (χ4v) is 2.43. The highest BCUT2D eigenvalue weighted by Gasteiger charge is 2.04. The van der Waals surface area contributed by atoms with Gasteiger partial charge in [0.05, 0.1) is 17.3 Å². The molecule has 1 aromatic carbocycles. The van der Waals surface area contributed by atoms with Gasteiger partial charge in [-0.25, -0.2) is 0 Å². The van der Waals surface area contributed by atoms with Gasteiger partial charge in [-0.2, -0.15) is 5.26 Å². The van der Waals surface area contributed by atoms with Gasteiger partial charge >= 0.3 is 0 Å². The Bertz CT molecular complexity index is 543. The summed E-state index contributed by atoms with van der Waals surface area (Å²) in [6, 6.07) is 10.4. The fourth-order valence-electron chi connectivity index (χ4n) is 1.73. The van der Waals surface area contributed by atoms with Crippen molar-refractivity contribution in [2.45, 2.75) is 18.2 Å². The van der Waals surface area contributed by atoms with Crippen molar-refractivity contribution in [1.29, 1.82) is 5.26 Å². The molecule has 0 aliphatic rings. The SMILES string of the molecule is CCc1cccc2c(SCC#N)ccnc12. The van der Waals surface area contributed by atoms with E-state index in [2.05, 4.69) is 36.2 Å². The Morgan fingerprint density at radius 2 is 2.25 bits per heavy atom. The normalized spacial score (nSPS) is 10.2. The van der Waals surface area contributed by atoms with Crippen molar-refractivity contribution in [1.82, 2.24) is 4.98 Å². The molecular weight excluding hydrogens is 216 g/mol. The average Bonchev–Trinajstić information content (AvgIpc) is 2.35. The second-order valence-corrected chi connectivity index (χ2v) is 4.44. The number of aromatic nitrogens is 1. The maximum Gasteiger partial charge on any atom is 0.0855 e. The molecule has 0 atom stereocenters. The second kappa shape index (κ2) is 5.00. The van der Waals surface area contributed by atoms with Crippen LogP contribution in [0.4, 0.5) is 0 Å². The van der Waals surface area contributed by atoms with Crippen molar-refractivity contribution in [2.24, 2.45) is 0 Å². The van der Waals surface area contributed by atoms with Crippen LogP contribution in [0.5, 0.6) is 0 Å². The monoisotopic (exact) mass is 228 g/mol. The van der Waals surface area contributed by atoms with Gasteiger partial charge in [0.1, 0.15) is 0 Å². The first-order valence-corrected chi connectivity index (χ1v) is 6.21. The molecule has 1 heterocycles. The molecule has 0 bridgehead atoms. The van der Waals surface area contributed by atoms with Crippen molar-refractivity contribution < 1.29 is 0 Å². The number of hydrogen-bond acceptors (Lipinski definition) is 3. The van der Waals surface area contributed by atoms with Gasteiger partial charge in [-0.3, -0.25) is 4.98 Å². The first-order valence-electron chi connectivity index (χ1n) is 5.23. The van der Waals surface area contributed by atoms with Gasteiger partial charge in [-0.05, 0) is 18.1 Å². The largest absolute Gasteiger partial charge is 0.256 e. The number of nitrogens with zero attached hydrogens (tertiary/aromatic N) is 2. The molecule has 1 aromatic heterocycles. The highest BCUT2D eigenvalue weighted by atomic mass is 32.2. The molecule has 0 aliphatic heterocycles. The molecule has 0 amide bonds. The Hall–Kier alpha value is -1.53. The smallest absolute Gasteiger partial charge is 0.0855 e. The number of fused-ring (bicyclic) bond motifs is 1. The van der Waals surface area contributed by atoms with Gasteiger partial charge in [0.2, 0.25) is 0 Å². The number of thioether (sulfide) groups is 1. The second-order valence-electron chi connectivity index (χ2n) is 3.42. The molecule has 0 aliphatic carbocycles. The molecule has 0 unspecified atom stereocenters. The summed E-state index contributed by atoms with van der Waals surface area (Å²) >= 11 is 1.57. The summed E-state index contributed by atoms with van der Waals surface area (Å²) in [6.45, 7) is 2.13. The summed E-state index contributed by atoms with van der Waals surface area (Å²) in [4.78, 5) is 5.57. The topological polar surface area (TPSA) is 36.7 Å². The van der Waals surface area contributed by atoms with Gasteiger partial charge in [-0.1, -0.05) is 25.1 Å². The highest BCUT2D eigenvalue weighted by Crippen LogP contribution is 2.28. The zero-order valence-electron chi connectivity index (χ0n) is 9.10. The van der Waals surface area contributed by atoms with Gasteiger partial charge in [0.15, 0.2) is 0 Å². The third kappa shape index (κ3) is 2.02. The molecule has 2 aromatic rings. The van der Waals surface area contributed by atoms with E-state index in [-0.39, 0.29) is 0 Å². The van der Waals surface area contributed by atoms with Crippen molar-refractivity contribution in [3.8, 4) is 6.07 Å². The number of nitriles is 1. The summed E-state index contributed by atoms with van der Waals surface area (Å²) < 4.78 is 0. The molecule has 16 heavy (non-hydrogen) atoms. The first kappa shape index (κ1) is 11.0. The van der Waals surface area contributed by atoms with Crippen molar-refractivity contribution in [3.05, 3.63) is 36.0 Å². The van der Waals surface area contributed by atoms with Crippen molar-refractivity contribution >= 4 is 22.7 Å². The zero-order chi connectivity index (χ0) is 11.4. The standard InChI is InChI=1S/C13H12N2S/c1-2-10-4-3-5-11-12(16-9-7-14)6-8-15-13(10)11/h3-6,8H,2,9H2,1H3. The minimum Gasteiger partial charge on any atom is -0.256 e. The highest BCUT2D eigenvalue weighted by molar-refractivity contribution is 7.99. The first-order chi connectivity index (χ1) is 7.86. The molecule has 0 spiro atoms. The Morgan fingerprint density at radius 3 is 3.00 bits per heavy atom. The van der Waals surface area contributed by atoms with Crippen LogP contribution in [0.1, 0.15) is 12.5 Å². The summed E-state index contributed by atoms with van der Waals surface area (Å²) in [6.07, 6.45) is 2.80. The van der Waals surface area contributed by atoms with Crippen molar-refractivity contribution in [3.63, 3.8) is 0 Å². The molecular formula is C13H12N2S. The molecule has 2 rings (SSSR count). The van der Waals surface area contributed by atoms with Crippen LogP contribution in [-0.4, -0.2) is 10.7 Å². The number of para-hydroxylation sites is 1. The molecule has 0 N–H and O–H groups in total. The number of pyridine rings is 1. The lowest BCUT2D eigenvalue weighted by Crippen LogP contribution is -1.88. The summed E-state index contributed by atoms with van der Waals surface area (Å²) in [5.41, 5.74) is 2.32. The van der Waals surface area contributed by atoms with Crippen LogP contribution < -0.4 is 0 Å². The van der Waals surface area contributed by atoms with Crippen molar-refractivity contribution in [2.75, 3.05) is 5.75 Å². The zero-order valence-corrected chi connectivity index (χ0v) is 9.92. The molecule has 0 saturated carbocycles. The van der Waals surface area contributed by atoms with Crippen LogP contribution in [0.15, 0.2) is 35.4 Å². The van der Waals surface area contributed by atoms with Gasteiger partial charge in [-0.15, -0.1) is 11.8 Å². The quantitative estimate of drug-likeness (QED) is 0.755. The molecule has 2 nitrogen and oxygen atoms in total. The summed E-state index contributed by atoms with van der Waals surface area (Å²) in [5, 5.41) is 9.77. The predicted octanol–water partition coefficient (Wildman–Crippen LogP) is 3.41. The summed E-state index contributed by atoms with van der Waals surface area (Å²) in [7, 11) is 0. The Morgan fingerprint density at radius 1 is 1.38 bits per heavy atom. The molecule has 0 fully saturated rings. The van der Waals surface area contributed by atoms with E-state index in [9.17, 15) is 0 Å². The Kier molecular flexibility index (Phi) is 3.43. The number of aryl methyl sites for hydroxylation is 1. The molecule has 0 radical (unpaired) electrons. The predicted molar refractivity (Wildman–Crippen MR) is 67.5 cm³/mol. The average molecular weight is 228 g/mol. The van der Waals surface area contributed by atoms with Crippen LogP contribution in [0.2, 0.25) is 0 Å². The van der Waals surface area contributed by atoms with E-state index in [1.54, 1.807) is 11.8 Å². The number of hydrogen-bond donors (Lipinski definition) is 0. The van der Waals surface area contributed by atoms with E-state index in [1.165, 1.54) is 5.56 Å². The van der Waals surface area contributed by atoms with Gasteiger partial charge in [0.25, 0.3) is 0 Å². The van der Waals surface area contributed by atoms with Crippen LogP contribution in [0, 0.1) is 11.3 Å². The van der Waals surface area contributed by atoms with Crippen LogP contribution >= 0.6 is 11.8 Å². The fraction of sp³-hybridized carbons (Fsp3) is 0.231.